The van der Waals surface area contributed by atoms with E-state index in [0.717, 1.165) is 18.7 Å². The molecule has 27 heavy (non-hydrogen) atoms. The minimum atomic E-state index is -1.41. The van der Waals surface area contributed by atoms with Crippen molar-refractivity contribution in [3.05, 3.63) is 46.1 Å². The summed E-state index contributed by atoms with van der Waals surface area (Å²) in [6.45, 7) is 4.75. The topological polar surface area (TPSA) is 120 Å². The summed E-state index contributed by atoms with van der Waals surface area (Å²) >= 11 is 0. The average molecular weight is 395 g/mol. The summed E-state index contributed by atoms with van der Waals surface area (Å²) in [5.41, 5.74) is 1.10. The van der Waals surface area contributed by atoms with Gasteiger partial charge in [-0.25, -0.2) is 4.21 Å². The number of ether oxygens (including phenoxy) is 1. The Kier molecular flexibility index (Phi) is 7.44. The normalized spacial score (nSPS) is 15.0. The molecule has 0 saturated carbocycles. The number of hydrogen-bond donors (Lipinski definition) is 1. The number of fused-ring (bicyclic) bond motifs is 1. The molecule has 0 radical (unpaired) electrons. The second-order valence-electron chi connectivity index (χ2n) is 5.80. The van der Waals surface area contributed by atoms with Crippen LogP contribution in [-0.2, 0) is 22.3 Å². The van der Waals surface area contributed by atoms with Crippen molar-refractivity contribution in [3.63, 3.8) is 0 Å². The molecule has 1 N–H and O–H groups in total. The number of likely N-dealkylation sites (N-methyl/N-ethyl adjacent to an activating group) is 1. The zero-order valence-corrected chi connectivity index (χ0v) is 15.8. The molecule has 0 fully saturated rings. The molecular formula is C16H21N5O5S. The Hall–Kier alpha value is -2.79. The number of rotatable bonds is 4. The lowest BCUT2D eigenvalue weighted by Gasteiger charge is -2.19. The molecule has 0 spiro atoms. The van der Waals surface area contributed by atoms with E-state index in [2.05, 4.69) is 14.6 Å². The molecule has 1 aromatic heterocycles. The highest BCUT2D eigenvalue weighted by molar-refractivity contribution is 7.83. The number of amides is 1. The highest BCUT2D eigenvalue weighted by Gasteiger charge is 2.21. The molecule has 2 heterocycles. The first-order chi connectivity index (χ1) is 12.9. The third-order valence-electron chi connectivity index (χ3n) is 3.73. The van der Waals surface area contributed by atoms with Crippen LogP contribution in [0, 0.1) is 17.0 Å². The van der Waals surface area contributed by atoms with Crippen LogP contribution < -0.4 is 9.46 Å². The molecule has 1 atom stereocenters. The van der Waals surface area contributed by atoms with Gasteiger partial charge in [0.25, 0.3) is 0 Å². The van der Waals surface area contributed by atoms with Crippen molar-refractivity contribution in [2.24, 2.45) is 0 Å². The Labute approximate surface area is 158 Å². The van der Waals surface area contributed by atoms with Crippen LogP contribution in [0.3, 0.4) is 0 Å². The summed E-state index contributed by atoms with van der Waals surface area (Å²) in [5, 5.41) is 10.5. The lowest BCUT2D eigenvalue weighted by atomic mass is 10.2. The molecule has 0 saturated heterocycles. The van der Waals surface area contributed by atoms with Gasteiger partial charge in [0.05, 0.1) is 4.90 Å². The number of carbonyl (C=O) groups is 1. The molecule has 10 nitrogen and oxygen atoms in total. The lowest BCUT2D eigenvalue weighted by molar-refractivity contribution is -0.389. The first-order valence-electron chi connectivity index (χ1n) is 8.12. The quantitative estimate of drug-likeness (QED) is 0.463. The fraction of sp³-hybridized carbons (Fsp3) is 0.375. The standard InChI is InChI=1S/C8H12N4O3.C8H9NO2S/c1-10-2-3-11-6-7(12(13)14)9-8(11)15-5-4-10;1-7-2-4-8(5-3-7)12(11)9-6-10/h6H,2-5H2,1H3;2-6H,1H3,(H,9,10). The van der Waals surface area contributed by atoms with Gasteiger partial charge in [0.2, 0.25) is 6.41 Å². The van der Waals surface area contributed by atoms with Gasteiger partial charge in [-0.15, -0.1) is 0 Å². The molecule has 1 unspecified atom stereocenters. The maximum atomic E-state index is 11.1. The van der Waals surface area contributed by atoms with Gasteiger partial charge in [0.1, 0.15) is 12.8 Å². The maximum Gasteiger partial charge on any atom is 0.414 e. The van der Waals surface area contributed by atoms with Crippen LogP contribution >= 0.6 is 0 Å². The van der Waals surface area contributed by atoms with Crippen molar-refractivity contribution in [2.45, 2.75) is 18.4 Å². The Balaban J connectivity index is 0.000000199. The van der Waals surface area contributed by atoms with E-state index in [0.29, 0.717) is 30.5 Å². The number of imidazole rings is 1. The van der Waals surface area contributed by atoms with Crippen LogP contribution in [0.4, 0.5) is 5.82 Å². The fourth-order valence-electron chi connectivity index (χ4n) is 2.21. The van der Waals surface area contributed by atoms with E-state index in [1.807, 2.05) is 26.1 Å². The number of aromatic nitrogens is 2. The molecule has 3 rings (SSSR count). The van der Waals surface area contributed by atoms with E-state index in [1.54, 1.807) is 16.7 Å². The van der Waals surface area contributed by atoms with Gasteiger partial charge in [-0.2, -0.15) is 0 Å². The molecule has 2 aromatic rings. The summed E-state index contributed by atoms with van der Waals surface area (Å²) in [6, 6.07) is 7.48. The molecule has 0 aliphatic carbocycles. The monoisotopic (exact) mass is 395 g/mol. The van der Waals surface area contributed by atoms with Crippen LogP contribution in [0.15, 0.2) is 35.4 Å². The SMILES string of the molecule is CN1CCOc2nc([N+](=O)[O-])cn2CC1.Cc1ccc(S(=O)NC=O)cc1. The predicted molar refractivity (Wildman–Crippen MR) is 98.7 cm³/mol. The summed E-state index contributed by atoms with van der Waals surface area (Å²) in [5.74, 6) is -0.158. The Morgan fingerprint density at radius 1 is 1.30 bits per heavy atom. The highest BCUT2D eigenvalue weighted by Crippen LogP contribution is 2.18. The smallest absolute Gasteiger partial charge is 0.414 e. The summed E-state index contributed by atoms with van der Waals surface area (Å²) in [4.78, 5) is 26.5. The van der Waals surface area contributed by atoms with Crippen LogP contribution in [-0.4, -0.2) is 56.7 Å². The van der Waals surface area contributed by atoms with Gasteiger partial charge < -0.3 is 19.8 Å². The van der Waals surface area contributed by atoms with Gasteiger partial charge in [-0.3, -0.25) is 14.1 Å². The zero-order valence-electron chi connectivity index (χ0n) is 15.0. The van der Waals surface area contributed by atoms with Crippen LogP contribution in [0.5, 0.6) is 6.01 Å². The number of nitrogens with one attached hydrogen (secondary N) is 1. The molecule has 1 amide bonds. The molecule has 146 valence electrons. The second kappa shape index (κ2) is 9.78. The first kappa shape index (κ1) is 20.5. The van der Waals surface area contributed by atoms with Crippen molar-refractivity contribution in [2.75, 3.05) is 26.7 Å². The lowest BCUT2D eigenvalue weighted by Crippen LogP contribution is -2.30. The maximum absolute atomic E-state index is 11.1. The van der Waals surface area contributed by atoms with Crippen molar-refractivity contribution in [3.8, 4) is 6.01 Å². The van der Waals surface area contributed by atoms with E-state index in [-0.39, 0.29) is 5.82 Å². The van der Waals surface area contributed by atoms with Crippen molar-refractivity contribution in [1.82, 2.24) is 19.2 Å². The van der Waals surface area contributed by atoms with Gasteiger partial charge in [0, 0.05) is 24.6 Å². The Morgan fingerprint density at radius 2 is 2.00 bits per heavy atom. The van der Waals surface area contributed by atoms with Gasteiger partial charge >= 0.3 is 11.8 Å². The summed E-state index contributed by atoms with van der Waals surface area (Å²) < 4.78 is 20.3. The highest BCUT2D eigenvalue weighted by atomic mass is 32.2. The number of carbonyl (C=O) groups excluding carboxylic acids is 1. The molecular weight excluding hydrogens is 374 g/mol. The molecule has 1 aliphatic rings. The average Bonchev–Trinajstić information content (AvgIpc) is 3.02. The van der Waals surface area contributed by atoms with Crippen LogP contribution in [0.1, 0.15) is 5.56 Å². The first-order valence-corrected chi connectivity index (χ1v) is 9.27. The Bertz CT molecular complexity index is 808. The largest absolute Gasteiger partial charge is 0.444 e. The molecule has 11 heteroatoms. The van der Waals surface area contributed by atoms with Gasteiger partial charge in [-0.1, -0.05) is 17.7 Å². The molecule has 1 aromatic carbocycles. The third kappa shape index (κ3) is 6.15. The number of nitro groups is 1. The van der Waals surface area contributed by atoms with E-state index in [4.69, 9.17) is 4.74 Å². The van der Waals surface area contributed by atoms with E-state index < -0.39 is 15.9 Å². The minimum absolute atomic E-state index is 0.158. The summed E-state index contributed by atoms with van der Waals surface area (Å²) in [7, 11) is 0.576. The van der Waals surface area contributed by atoms with Crippen molar-refractivity contribution >= 4 is 23.2 Å². The fourth-order valence-corrected chi connectivity index (χ4v) is 2.81. The number of nitrogens with zero attached hydrogens (tertiary/aromatic N) is 4. The second-order valence-corrected chi connectivity index (χ2v) is 7.05. The van der Waals surface area contributed by atoms with Crippen molar-refractivity contribution in [1.29, 1.82) is 0 Å². The van der Waals surface area contributed by atoms with Crippen LogP contribution in [0.2, 0.25) is 0 Å². The number of benzene rings is 1. The Morgan fingerprint density at radius 3 is 2.63 bits per heavy atom. The molecule has 1 aliphatic heterocycles. The van der Waals surface area contributed by atoms with E-state index >= 15 is 0 Å². The number of hydrogen-bond acceptors (Lipinski definition) is 7. The van der Waals surface area contributed by atoms with Gasteiger partial charge in [-0.05, 0) is 31.0 Å². The number of aryl methyl sites for hydroxylation is 1. The zero-order chi connectivity index (χ0) is 19.8. The van der Waals surface area contributed by atoms with E-state index in [1.165, 1.54) is 6.20 Å². The molecule has 0 bridgehead atoms. The van der Waals surface area contributed by atoms with Crippen LogP contribution in [0.25, 0.3) is 0 Å². The van der Waals surface area contributed by atoms with Gasteiger partial charge in [0.15, 0.2) is 11.0 Å². The van der Waals surface area contributed by atoms with E-state index in [9.17, 15) is 19.1 Å². The summed E-state index contributed by atoms with van der Waals surface area (Å²) in [6.07, 6.45) is 1.84. The third-order valence-corrected chi connectivity index (χ3v) is 4.74. The minimum Gasteiger partial charge on any atom is -0.444 e. The predicted octanol–water partition coefficient (Wildman–Crippen LogP) is 0.879. The van der Waals surface area contributed by atoms with Crippen molar-refractivity contribution < 1.29 is 18.7 Å².